The molecule has 1 aromatic carbocycles. The topological polar surface area (TPSA) is 96.4 Å². The highest BCUT2D eigenvalue weighted by Crippen LogP contribution is 2.20. The first-order valence-corrected chi connectivity index (χ1v) is 10.6. The summed E-state index contributed by atoms with van der Waals surface area (Å²) in [6.45, 7) is 2.21. The van der Waals surface area contributed by atoms with Gasteiger partial charge in [0.2, 0.25) is 0 Å². The molecule has 1 aliphatic rings. The summed E-state index contributed by atoms with van der Waals surface area (Å²) in [5.74, 6) is -0.625. The zero-order chi connectivity index (χ0) is 19.4. The lowest BCUT2D eigenvalue weighted by molar-refractivity contribution is 0.0708. The van der Waals surface area contributed by atoms with Gasteiger partial charge in [0.1, 0.15) is 5.69 Å². The van der Waals surface area contributed by atoms with Crippen molar-refractivity contribution in [1.29, 1.82) is 0 Å². The lowest BCUT2D eigenvalue weighted by Crippen LogP contribution is -2.41. The Bertz CT molecular complexity index is 944. The van der Waals surface area contributed by atoms with Crippen molar-refractivity contribution in [2.24, 2.45) is 0 Å². The summed E-state index contributed by atoms with van der Waals surface area (Å²) in [7, 11) is -3.09. The molecule has 2 aromatic rings. The number of para-hydroxylation sites is 1. The van der Waals surface area contributed by atoms with Gasteiger partial charge in [-0.15, -0.1) is 0 Å². The fraction of sp³-hybridized carbons (Fsp3) is 0.316. The summed E-state index contributed by atoms with van der Waals surface area (Å²) < 4.78 is 23.5. The molecule has 3 rings (SSSR count). The van der Waals surface area contributed by atoms with Crippen LogP contribution in [0.4, 0.5) is 5.69 Å². The molecule has 1 fully saturated rings. The van der Waals surface area contributed by atoms with Gasteiger partial charge in [-0.3, -0.25) is 14.6 Å². The number of hydrogen-bond acceptors (Lipinski definition) is 5. The minimum atomic E-state index is -3.09. The summed E-state index contributed by atoms with van der Waals surface area (Å²) in [6, 6.07) is 11.6. The van der Waals surface area contributed by atoms with Crippen molar-refractivity contribution in [3.05, 3.63) is 59.9 Å². The van der Waals surface area contributed by atoms with E-state index in [4.69, 9.17) is 0 Å². The molecular formula is C19H21N3O4S. The van der Waals surface area contributed by atoms with E-state index in [2.05, 4.69) is 10.3 Å². The van der Waals surface area contributed by atoms with Gasteiger partial charge in [0, 0.05) is 30.0 Å². The Hall–Kier alpha value is -2.74. The maximum Gasteiger partial charge on any atom is 0.274 e. The van der Waals surface area contributed by atoms with Crippen molar-refractivity contribution < 1.29 is 18.0 Å². The number of rotatable bonds is 5. The number of hydrogen-bond donors (Lipinski definition) is 1. The molecule has 1 unspecified atom stereocenters. The molecule has 0 saturated carbocycles. The van der Waals surface area contributed by atoms with Gasteiger partial charge in [-0.25, -0.2) is 8.42 Å². The second kappa shape index (κ2) is 7.87. The third kappa shape index (κ3) is 4.51. The molecule has 1 N–H and O–H groups in total. The molecule has 0 spiro atoms. The number of carbonyl (C=O) groups is 2. The van der Waals surface area contributed by atoms with Gasteiger partial charge in [0.25, 0.3) is 11.8 Å². The van der Waals surface area contributed by atoms with E-state index in [1.807, 2.05) is 13.0 Å². The van der Waals surface area contributed by atoms with E-state index in [-0.39, 0.29) is 29.1 Å². The molecule has 7 nitrogen and oxygen atoms in total. The highest BCUT2D eigenvalue weighted by Gasteiger charge is 2.34. The van der Waals surface area contributed by atoms with Crippen LogP contribution in [0.15, 0.2) is 48.7 Å². The zero-order valence-corrected chi connectivity index (χ0v) is 15.8. The Morgan fingerprint density at radius 1 is 1.22 bits per heavy atom. The zero-order valence-electron chi connectivity index (χ0n) is 15.0. The number of nitrogens with one attached hydrogen (secondary N) is 1. The van der Waals surface area contributed by atoms with Gasteiger partial charge in [-0.05, 0) is 37.6 Å². The van der Waals surface area contributed by atoms with Crippen LogP contribution in [-0.4, -0.2) is 54.2 Å². The van der Waals surface area contributed by atoms with E-state index in [1.165, 1.54) is 18.3 Å². The smallest absolute Gasteiger partial charge is 0.274 e. The maximum atomic E-state index is 12.9. The van der Waals surface area contributed by atoms with Crippen molar-refractivity contribution in [3.8, 4) is 0 Å². The monoisotopic (exact) mass is 387 g/mol. The average Bonchev–Trinajstić information content (AvgIpc) is 3.02. The van der Waals surface area contributed by atoms with Gasteiger partial charge in [0.15, 0.2) is 9.84 Å². The molecule has 8 heteroatoms. The van der Waals surface area contributed by atoms with Gasteiger partial charge >= 0.3 is 0 Å². The maximum absolute atomic E-state index is 12.9. The number of pyridine rings is 1. The van der Waals surface area contributed by atoms with Crippen molar-refractivity contribution in [1.82, 2.24) is 9.88 Å². The van der Waals surface area contributed by atoms with Crippen molar-refractivity contribution in [3.63, 3.8) is 0 Å². The van der Waals surface area contributed by atoms with E-state index < -0.39 is 15.7 Å². The van der Waals surface area contributed by atoms with Crippen LogP contribution in [0, 0.1) is 0 Å². The Morgan fingerprint density at radius 3 is 2.59 bits per heavy atom. The summed E-state index contributed by atoms with van der Waals surface area (Å²) in [6.07, 6.45) is 1.85. The molecule has 0 bridgehead atoms. The molecule has 1 aromatic heterocycles. The van der Waals surface area contributed by atoms with Gasteiger partial charge in [-0.2, -0.15) is 0 Å². The Labute approximate surface area is 158 Å². The summed E-state index contributed by atoms with van der Waals surface area (Å²) >= 11 is 0. The fourth-order valence-electron chi connectivity index (χ4n) is 3.16. The van der Waals surface area contributed by atoms with Crippen LogP contribution in [0.25, 0.3) is 0 Å². The number of carbonyl (C=O) groups excluding carboxylic acids is 2. The second-order valence-corrected chi connectivity index (χ2v) is 8.63. The lowest BCUT2D eigenvalue weighted by Gasteiger charge is -2.27. The average molecular weight is 387 g/mol. The van der Waals surface area contributed by atoms with Crippen LogP contribution in [0.3, 0.4) is 0 Å². The standard InChI is InChI=1S/C19H21N3O4S/c1-2-22(16-9-11-27(25,26)13-16)19(24)14-8-10-20-17(12-14)18(23)21-15-6-4-3-5-7-15/h3-8,10,12,16H,2,9,11,13H2,1H3,(H,21,23). The summed E-state index contributed by atoms with van der Waals surface area (Å²) in [5, 5.41) is 2.73. The molecule has 2 heterocycles. The quantitative estimate of drug-likeness (QED) is 0.846. The first-order valence-electron chi connectivity index (χ1n) is 8.73. The lowest BCUT2D eigenvalue weighted by atomic mass is 10.1. The molecule has 2 amide bonds. The highest BCUT2D eigenvalue weighted by atomic mass is 32.2. The number of nitrogens with zero attached hydrogens (tertiary/aromatic N) is 2. The molecule has 27 heavy (non-hydrogen) atoms. The van der Waals surface area contributed by atoms with Gasteiger partial charge in [0.05, 0.1) is 11.5 Å². The Morgan fingerprint density at radius 2 is 1.96 bits per heavy atom. The third-order valence-corrected chi connectivity index (χ3v) is 6.27. The van der Waals surface area contributed by atoms with E-state index >= 15 is 0 Å². The first kappa shape index (κ1) is 19.0. The number of sulfone groups is 1. The second-order valence-electron chi connectivity index (χ2n) is 6.40. The van der Waals surface area contributed by atoms with Crippen LogP contribution in [-0.2, 0) is 9.84 Å². The first-order chi connectivity index (χ1) is 12.9. The summed E-state index contributed by atoms with van der Waals surface area (Å²) in [5.41, 5.74) is 1.07. The van der Waals surface area contributed by atoms with E-state index in [0.717, 1.165) is 0 Å². The third-order valence-electron chi connectivity index (χ3n) is 4.52. The van der Waals surface area contributed by atoms with E-state index in [1.54, 1.807) is 29.2 Å². The largest absolute Gasteiger partial charge is 0.335 e. The molecule has 0 radical (unpaired) electrons. The van der Waals surface area contributed by atoms with Crippen LogP contribution < -0.4 is 5.32 Å². The normalized spacial score (nSPS) is 18.0. The van der Waals surface area contributed by atoms with Crippen molar-refractivity contribution >= 4 is 27.3 Å². The Balaban J connectivity index is 1.77. The van der Waals surface area contributed by atoms with Crippen molar-refractivity contribution in [2.45, 2.75) is 19.4 Å². The predicted molar refractivity (Wildman–Crippen MR) is 102 cm³/mol. The summed E-state index contributed by atoms with van der Waals surface area (Å²) in [4.78, 5) is 30.9. The molecule has 0 aliphatic carbocycles. The van der Waals surface area contributed by atoms with E-state index in [9.17, 15) is 18.0 Å². The minimum absolute atomic E-state index is 0.0149. The fourth-order valence-corrected chi connectivity index (χ4v) is 4.89. The highest BCUT2D eigenvalue weighted by molar-refractivity contribution is 7.91. The Kier molecular flexibility index (Phi) is 5.55. The van der Waals surface area contributed by atoms with Crippen molar-refractivity contribution in [2.75, 3.05) is 23.4 Å². The van der Waals surface area contributed by atoms with Gasteiger partial charge < -0.3 is 10.2 Å². The van der Waals surface area contributed by atoms with Crippen LogP contribution in [0.2, 0.25) is 0 Å². The predicted octanol–water partition coefficient (Wildman–Crippen LogP) is 1.98. The van der Waals surface area contributed by atoms with E-state index in [0.29, 0.717) is 24.2 Å². The number of benzene rings is 1. The molecule has 1 saturated heterocycles. The minimum Gasteiger partial charge on any atom is -0.335 e. The number of anilines is 1. The van der Waals surface area contributed by atoms with Gasteiger partial charge in [-0.1, -0.05) is 18.2 Å². The SMILES string of the molecule is CCN(C(=O)c1ccnc(C(=O)Nc2ccccc2)c1)C1CCS(=O)(=O)C1. The molecule has 142 valence electrons. The molecule has 1 aliphatic heterocycles. The van der Waals surface area contributed by atoms with Crippen LogP contribution >= 0.6 is 0 Å². The number of amides is 2. The number of aromatic nitrogens is 1. The molecular weight excluding hydrogens is 366 g/mol. The van der Waals surface area contributed by atoms with Crippen LogP contribution in [0.1, 0.15) is 34.2 Å². The molecule has 1 atom stereocenters. The van der Waals surface area contributed by atoms with Crippen LogP contribution in [0.5, 0.6) is 0 Å².